The summed E-state index contributed by atoms with van der Waals surface area (Å²) in [6.45, 7) is 2.89. The van der Waals surface area contributed by atoms with E-state index in [9.17, 15) is 13.2 Å². The molecule has 1 aliphatic rings. The quantitative estimate of drug-likeness (QED) is 0.639. The fraction of sp³-hybridized carbons (Fsp3) is 0.381. The van der Waals surface area contributed by atoms with Gasteiger partial charge in [0.2, 0.25) is 0 Å². The summed E-state index contributed by atoms with van der Waals surface area (Å²) in [5.74, 6) is 1.29. The first-order chi connectivity index (χ1) is 13.9. The fourth-order valence-corrected chi connectivity index (χ4v) is 5.43. The number of carbonyl (C=O) groups excluding carboxylic acids is 1. The van der Waals surface area contributed by atoms with E-state index in [1.165, 1.54) is 0 Å². The largest absolute Gasteiger partial charge is 0.459 e. The minimum atomic E-state index is -2.95. The zero-order valence-corrected chi connectivity index (χ0v) is 17.1. The third-order valence-electron chi connectivity index (χ3n) is 5.48. The Morgan fingerprint density at radius 3 is 2.72 bits per heavy atom. The fourth-order valence-electron chi connectivity index (χ4n) is 3.94. The maximum absolute atomic E-state index is 12.1. The summed E-state index contributed by atoms with van der Waals surface area (Å²) in [7, 11) is -2.95. The highest BCUT2D eigenvalue weighted by Crippen LogP contribution is 2.37. The molecule has 1 aliphatic heterocycles. The van der Waals surface area contributed by atoms with Crippen LogP contribution in [-0.4, -0.2) is 37.4 Å². The van der Waals surface area contributed by atoms with Crippen molar-refractivity contribution in [3.63, 3.8) is 0 Å². The van der Waals surface area contributed by atoms with Crippen molar-refractivity contribution in [2.45, 2.75) is 32.3 Å². The van der Waals surface area contributed by atoms with E-state index in [-0.39, 0.29) is 17.4 Å². The monoisotopic (exact) mass is 416 g/mol. The number of rotatable bonds is 6. The number of fused-ring (bicyclic) bond motifs is 1. The number of primary amides is 1. The molecule has 29 heavy (non-hydrogen) atoms. The van der Waals surface area contributed by atoms with Crippen LogP contribution in [0.1, 0.15) is 47.4 Å². The van der Waals surface area contributed by atoms with Crippen molar-refractivity contribution >= 4 is 26.6 Å². The van der Waals surface area contributed by atoms with Gasteiger partial charge in [0.25, 0.3) is 5.91 Å². The lowest BCUT2D eigenvalue weighted by molar-refractivity contribution is 0.100. The van der Waals surface area contributed by atoms with Gasteiger partial charge in [-0.05, 0) is 55.5 Å². The van der Waals surface area contributed by atoms with Crippen LogP contribution in [0.25, 0.3) is 22.2 Å². The standard InChI is InChI=1S/C21H24N2O5S/c1-2-27-12-15-3-4-19(28-15)14-9-16-18(13-5-7-29(25,26)8-6-13)11-23-20(16)17(10-14)21(22)24/h3-4,9-11,13,23H,2,5-8,12H2,1H3,(H2,22,24). The average Bonchev–Trinajstić information content (AvgIpc) is 3.32. The normalized spacial score (nSPS) is 17.0. The molecule has 8 heteroatoms. The Balaban J connectivity index is 1.76. The molecule has 3 N–H and O–H groups in total. The summed E-state index contributed by atoms with van der Waals surface area (Å²) in [4.78, 5) is 15.3. The Kier molecular flexibility index (Phi) is 5.23. The van der Waals surface area contributed by atoms with E-state index in [1.54, 1.807) is 6.07 Å². The van der Waals surface area contributed by atoms with Crippen molar-refractivity contribution < 1.29 is 22.4 Å². The van der Waals surface area contributed by atoms with E-state index in [0.29, 0.717) is 48.7 Å². The van der Waals surface area contributed by atoms with Gasteiger partial charge in [0.15, 0.2) is 0 Å². The van der Waals surface area contributed by atoms with Crippen LogP contribution in [0.2, 0.25) is 0 Å². The number of furan rings is 1. The smallest absolute Gasteiger partial charge is 0.250 e. The predicted molar refractivity (Wildman–Crippen MR) is 110 cm³/mol. The Morgan fingerprint density at radius 2 is 2.03 bits per heavy atom. The van der Waals surface area contributed by atoms with Crippen molar-refractivity contribution in [2.24, 2.45) is 5.73 Å². The zero-order chi connectivity index (χ0) is 20.6. The molecule has 3 aromatic rings. The lowest BCUT2D eigenvalue weighted by atomic mass is 9.91. The van der Waals surface area contributed by atoms with Crippen LogP contribution >= 0.6 is 0 Å². The molecule has 2 aromatic heterocycles. The maximum atomic E-state index is 12.1. The third-order valence-corrected chi connectivity index (χ3v) is 7.19. The first kappa shape index (κ1) is 19.7. The Labute approximate surface area is 169 Å². The average molecular weight is 416 g/mol. The SMILES string of the molecule is CCOCc1ccc(-c2cc(C(N)=O)c3[nH]cc(C4CCS(=O)(=O)CC4)c3c2)o1. The number of ether oxygens (including phenoxy) is 1. The number of aromatic nitrogens is 1. The van der Waals surface area contributed by atoms with Crippen LogP contribution in [0, 0.1) is 0 Å². The number of nitrogens with one attached hydrogen (secondary N) is 1. The van der Waals surface area contributed by atoms with Crippen LogP contribution in [0.5, 0.6) is 0 Å². The van der Waals surface area contributed by atoms with Crippen molar-refractivity contribution in [3.05, 3.63) is 47.3 Å². The summed E-state index contributed by atoms with van der Waals surface area (Å²) in [6.07, 6.45) is 3.02. The Morgan fingerprint density at radius 1 is 1.28 bits per heavy atom. The van der Waals surface area contributed by atoms with Gasteiger partial charge in [-0.25, -0.2) is 8.42 Å². The number of amides is 1. The minimum absolute atomic E-state index is 0.119. The molecule has 4 rings (SSSR count). The molecule has 1 saturated heterocycles. The first-order valence-corrected chi connectivity index (χ1v) is 11.5. The zero-order valence-electron chi connectivity index (χ0n) is 16.2. The Hall–Kier alpha value is -2.58. The predicted octanol–water partition coefficient (Wildman–Crippen LogP) is 3.36. The van der Waals surface area contributed by atoms with Gasteiger partial charge in [0, 0.05) is 23.8 Å². The number of nitrogens with two attached hydrogens (primary N) is 1. The number of carbonyl (C=O) groups is 1. The molecule has 1 aromatic carbocycles. The van der Waals surface area contributed by atoms with Gasteiger partial charge < -0.3 is 19.9 Å². The Bertz CT molecular complexity index is 1150. The highest BCUT2D eigenvalue weighted by atomic mass is 32.2. The lowest BCUT2D eigenvalue weighted by Gasteiger charge is -2.21. The molecule has 1 fully saturated rings. The summed E-state index contributed by atoms with van der Waals surface area (Å²) in [5.41, 5.74) is 8.45. The summed E-state index contributed by atoms with van der Waals surface area (Å²) in [6, 6.07) is 7.39. The topological polar surface area (TPSA) is 115 Å². The molecule has 0 radical (unpaired) electrons. The van der Waals surface area contributed by atoms with Gasteiger partial charge in [-0.15, -0.1) is 0 Å². The highest BCUT2D eigenvalue weighted by Gasteiger charge is 2.27. The molecule has 0 bridgehead atoms. The number of hydrogen-bond acceptors (Lipinski definition) is 5. The highest BCUT2D eigenvalue weighted by molar-refractivity contribution is 7.91. The van der Waals surface area contributed by atoms with Crippen LogP contribution in [-0.2, 0) is 21.2 Å². The number of H-pyrrole nitrogens is 1. The molecular formula is C21H24N2O5S. The molecule has 0 unspecified atom stereocenters. The van der Waals surface area contributed by atoms with Gasteiger partial charge in [0.1, 0.15) is 28.0 Å². The van der Waals surface area contributed by atoms with Crippen LogP contribution < -0.4 is 5.73 Å². The van der Waals surface area contributed by atoms with Crippen LogP contribution in [0.4, 0.5) is 0 Å². The summed E-state index contributed by atoms with van der Waals surface area (Å²) >= 11 is 0. The second-order valence-corrected chi connectivity index (χ2v) is 9.69. The molecule has 0 atom stereocenters. The van der Waals surface area contributed by atoms with Gasteiger partial charge in [-0.2, -0.15) is 0 Å². The van der Waals surface area contributed by atoms with Gasteiger partial charge >= 0.3 is 0 Å². The number of aromatic amines is 1. The molecule has 3 heterocycles. The second-order valence-electron chi connectivity index (χ2n) is 7.38. The molecule has 1 amide bonds. The van der Waals surface area contributed by atoms with Crippen LogP contribution in [0.3, 0.4) is 0 Å². The van der Waals surface area contributed by atoms with Crippen molar-refractivity contribution in [2.75, 3.05) is 18.1 Å². The molecule has 0 spiro atoms. The summed E-state index contributed by atoms with van der Waals surface area (Å²) in [5, 5.41) is 0.878. The molecule has 154 valence electrons. The van der Waals surface area contributed by atoms with E-state index in [1.807, 2.05) is 31.3 Å². The maximum Gasteiger partial charge on any atom is 0.250 e. The van der Waals surface area contributed by atoms with Crippen LogP contribution in [0.15, 0.2) is 34.9 Å². The van der Waals surface area contributed by atoms with E-state index in [0.717, 1.165) is 16.5 Å². The number of benzene rings is 1. The molecule has 7 nitrogen and oxygen atoms in total. The van der Waals surface area contributed by atoms with Crippen molar-refractivity contribution in [1.29, 1.82) is 0 Å². The molecular weight excluding hydrogens is 392 g/mol. The summed E-state index contributed by atoms with van der Waals surface area (Å²) < 4.78 is 34.9. The van der Waals surface area contributed by atoms with E-state index in [2.05, 4.69) is 4.98 Å². The number of hydrogen-bond donors (Lipinski definition) is 2. The van der Waals surface area contributed by atoms with Gasteiger partial charge in [-0.1, -0.05) is 0 Å². The third kappa shape index (κ3) is 3.95. The number of sulfone groups is 1. The first-order valence-electron chi connectivity index (χ1n) is 9.70. The van der Waals surface area contributed by atoms with E-state index in [4.69, 9.17) is 14.9 Å². The second kappa shape index (κ2) is 7.68. The van der Waals surface area contributed by atoms with Crippen molar-refractivity contribution in [1.82, 2.24) is 4.98 Å². The van der Waals surface area contributed by atoms with Crippen molar-refractivity contribution in [3.8, 4) is 11.3 Å². The van der Waals surface area contributed by atoms with Gasteiger partial charge in [-0.3, -0.25) is 4.79 Å². The molecule has 0 aliphatic carbocycles. The minimum Gasteiger partial charge on any atom is -0.459 e. The van der Waals surface area contributed by atoms with Gasteiger partial charge in [0.05, 0.1) is 22.6 Å². The van der Waals surface area contributed by atoms with E-state index < -0.39 is 15.7 Å². The van der Waals surface area contributed by atoms with E-state index >= 15 is 0 Å². The lowest BCUT2D eigenvalue weighted by Crippen LogP contribution is -2.22. The molecule has 0 saturated carbocycles.